The van der Waals surface area contributed by atoms with Crippen LogP contribution in [0.1, 0.15) is 382 Å². The molecule has 0 aromatic carbocycles. The summed E-state index contributed by atoms with van der Waals surface area (Å²) in [7, 11) is -9.90. The average Bonchev–Trinajstić information content (AvgIpc) is 1.64. The summed E-state index contributed by atoms with van der Waals surface area (Å²) in [6.07, 6.45) is 52.7. The van der Waals surface area contributed by atoms with Crippen LogP contribution in [0.15, 0.2) is 0 Å². The lowest BCUT2D eigenvalue weighted by atomic mass is 9.99. The first-order chi connectivity index (χ1) is 44.9. The third-order valence-electron chi connectivity index (χ3n) is 17.6. The lowest BCUT2D eigenvalue weighted by Crippen LogP contribution is -2.30. The molecule has 3 N–H and O–H groups in total. The van der Waals surface area contributed by atoms with Crippen LogP contribution in [0.5, 0.6) is 0 Å². The van der Waals surface area contributed by atoms with Gasteiger partial charge in [-0.05, 0) is 37.5 Å². The predicted octanol–water partition coefficient (Wildman–Crippen LogP) is 21.6. The number of hydrogen-bond acceptors (Lipinski definition) is 15. The highest BCUT2D eigenvalue weighted by atomic mass is 31.2. The minimum absolute atomic E-state index is 0.106. The number of ether oxygens (including phenoxy) is 4. The van der Waals surface area contributed by atoms with Gasteiger partial charge in [0, 0.05) is 25.7 Å². The van der Waals surface area contributed by atoms with E-state index in [0.29, 0.717) is 25.7 Å². The van der Waals surface area contributed by atoms with Gasteiger partial charge in [-0.1, -0.05) is 330 Å². The maximum Gasteiger partial charge on any atom is 0.472 e. The summed E-state index contributed by atoms with van der Waals surface area (Å²) < 4.78 is 68.4. The molecular weight excluding hydrogens is 1220 g/mol. The highest BCUT2D eigenvalue weighted by molar-refractivity contribution is 7.47. The van der Waals surface area contributed by atoms with Crippen molar-refractivity contribution in [3.63, 3.8) is 0 Å². The predicted molar refractivity (Wildman–Crippen MR) is 377 cm³/mol. The molecule has 0 aromatic rings. The summed E-state index contributed by atoms with van der Waals surface area (Å²) in [4.78, 5) is 72.6. The molecule has 0 radical (unpaired) electrons. The fourth-order valence-electron chi connectivity index (χ4n) is 11.3. The van der Waals surface area contributed by atoms with Crippen molar-refractivity contribution < 1.29 is 80.2 Å². The van der Waals surface area contributed by atoms with Gasteiger partial charge in [-0.2, -0.15) is 0 Å². The SMILES string of the molecule is CCCCCCCCCCCCCCCCCCCCC(=O)O[C@H](COC(=O)CCCCCCCCCCCCC(C)CC)COP(=O)(O)OC[C@@H](O)COP(=O)(O)OC[C@@H](COC(=O)CCCCCCCCCC)OC(=O)CCCCCCCCCCCCC(C)C. The molecule has 0 aliphatic rings. The summed E-state index contributed by atoms with van der Waals surface area (Å²) in [5, 5.41) is 10.6. The zero-order chi connectivity index (χ0) is 68.6. The number of aliphatic hydroxyl groups excluding tert-OH is 1. The van der Waals surface area contributed by atoms with Crippen LogP contribution in [0, 0.1) is 11.8 Å². The zero-order valence-corrected chi connectivity index (χ0v) is 62.3. The second-order valence-electron chi connectivity index (χ2n) is 27.4. The Hall–Kier alpha value is -1.94. The van der Waals surface area contributed by atoms with Crippen LogP contribution in [0.4, 0.5) is 0 Å². The van der Waals surface area contributed by atoms with E-state index < -0.39 is 97.5 Å². The van der Waals surface area contributed by atoms with Gasteiger partial charge >= 0.3 is 39.5 Å². The zero-order valence-electron chi connectivity index (χ0n) is 60.6. The first-order valence-electron chi connectivity index (χ1n) is 38.5. The fraction of sp³-hybridized carbons (Fsp3) is 0.946. The highest BCUT2D eigenvalue weighted by Gasteiger charge is 2.30. The number of carbonyl (C=O) groups excluding carboxylic acids is 4. The quantitative estimate of drug-likeness (QED) is 0.0222. The van der Waals surface area contributed by atoms with Crippen molar-refractivity contribution in [3.8, 4) is 0 Å². The molecule has 17 nitrogen and oxygen atoms in total. The number of unbranched alkanes of at least 4 members (excludes halogenated alkanes) is 42. The summed E-state index contributed by atoms with van der Waals surface area (Å²) in [6, 6.07) is 0. The van der Waals surface area contributed by atoms with Gasteiger partial charge in [0.25, 0.3) is 0 Å². The fourth-order valence-corrected chi connectivity index (χ4v) is 12.8. The number of hydrogen-bond donors (Lipinski definition) is 3. The molecule has 3 unspecified atom stereocenters. The van der Waals surface area contributed by atoms with Gasteiger partial charge in [0.1, 0.15) is 19.3 Å². The third-order valence-corrected chi connectivity index (χ3v) is 19.5. The van der Waals surface area contributed by atoms with Gasteiger partial charge in [-0.3, -0.25) is 37.3 Å². The van der Waals surface area contributed by atoms with Gasteiger partial charge in [-0.25, -0.2) is 9.13 Å². The van der Waals surface area contributed by atoms with Crippen molar-refractivity contribution in [1.29, 1.82) is 0 Å². The Labute approximate surface area is 568 Å². The van der Waals surface area contributed by atoms with Crippen LogP contribution in [0.2, 0.25) is 0 Å². The molecule has 552 valence electrons. The molecule has 0 spiro atoms. The van der Waals surface area contributed by atoms with E-state index in [1.807, 2.05) is 0 Å². The topological polar surface area (TPSA) is 237 Å². The monoisotopic (exact) mass is 1370 g/mol. The first-order valence-corrected chi connectivity index (χ1v) is 41.5. The maximum absolute atomic E-state index is 13.1. The van der Waals surface area contributed by atoms with E-state index in [1.54, 1.807) is 0 Å². The Kier molecular flexibility index (Phi) is 64.6. The Morgan fingerprint density at radius 3 is 0.817 bits per heavy atom. The van der Waals surface area contributed by atoms with E-state index in [-0.39, 0.29) is 25.7 Å². The summed E-state index contributed by atoms with van der Waals surface area (Å²) in [5.41, 5.74) is 0. The van der Waals surface area contributed by atoms with Crippen molar-refractivity contribution in [1.82, 2.24) is 0 Å². The molecule has 0 aromatic heterocycles. The number of phosphoric ester groups is 2. The second kappa shape index (κ2) is 66.0. The Balaban J connectivity index is 5.22. The van der Waals surface area contributed by atoms with E-state index in [0.717, 1.165) is 108 Å². The van der Waals surface area contributed by atoms with Crippen LogP contribution < -0.4 is 0 Å². The molecule has 0 aliphatic carbocycles. The molecular formula is C74H144O17P2. The molecule has 0 bridgehead atoms. The lowest BCUT2D eigenvalue weighted by Gasteiger charge is -2.21. The van der Waals surface area contributed by atoms with E-state index in [9.17, 15) is 43.2 Å². The number of aliphatic hydroxyl groups is 1. The van der Waals surface area contributed by atoms with Gasteiger partial charge in [0.05, 0.1) is 26.4 Å². The van der Waals surface area contributed by atoms with Crippen molar-refractivity contribution in [3.05, 3.63) is 0 Å². The van der Waals surface area contributed by atoms with Crippen molar-refractivity contribution >= 4 is 39.5 Å². The van der Waals surface area contributed by atoms with Gasteiger partial charge in [0.2, 0.25) is 0 Å². The van der Waals surface area contributed by atoms with Crippen LogP contribution in [-0.4, -0.2) is 96.7 Å². The molecule has 0 amide bonds. The van der Waals surface area contributed by atoms with E-state index >= 15 is 0 Å². The Bertz CT molecular complexity index is 1810. The van der Waals surface area contributed by atoms with Crippen LogP contribution >= 0.6 is 15.6 Å². The molecule has 6 atom stereocenters. The molecule has 93 heavy (non-hydrogen) atoms. The smallest absolute Gasteiger partial charge is 0.462 e. The van der Waals surface area contributed by atoms with E-state index in [2.05, 4.69) is 41.5 Å². The number of esters is 4. The standard InChI is InChI=1S/C74H144O17P2/c1-7-10-12-14-16-18-19-20-21-22-23-24-25-26-34-40-46-52-58-73(78)91-70(63-85-72(77)57-51-45-39-33-30-28-32-37-43-49-55-67(6)9-3)65-89-93(82,83)87-61-68(75)60-86-92(80,81)88-64-69(62-84-71(76)56-50-44-38-17-15-13-11-8-2)90-74(79)59-53-47-41-35-29-27-31-36-42-48-54-66(4)5/h66-70,75H,7-65H2,1-6H3,(H,80,81)(H,82,83)/t67?,68-,69+,70+/m0/s1. The van der Waals surface area contributed by atoms with Gasteiger partial charge in [-0.15, -0.1) is 0 Å². The molecule has 0 rings (SSSR count). The van der Waals surface area contributed by atoms with Crippen LogP contribution in [-0.2, 0) is 65.4 Å². The Morgan fingerprint density at radius 2 is 0.548 bits per heavy atom. The van der Waals surface area contributed by atoms with Crippen molar-refractivity contribution in [2.45, 2.75) is 400 Å². The Morgan fingerprint density at radius 1 is 0.312 bits per heavy atom. The van der Waals surface area contributed by atoms with E-state index in [1.165, 1.54) is 193 Å². The van der Waals surface area contributed by atoms with Crippen molar-refractivity contribution in [2.24, 2.45) is 11.8 Å². The lowest BCUT2D eigenvalue weighted by molar-refractivity contribution is -0.161. The van der Waals surface area contributed by atoms with Gasteiger partial charge < -0.3 is 33.8 Å². The largest absolute Gasteiger partial charge is 0.472 e. The summed E-state index contributed by atoms with van der Waals surface area (Å²) in [6.45, 7) is 9.57. The van der Waals surface area contributed by atoms with Crippen molar-refractivity contribution in [2.75, 3.05) is 39.6 Å². The normalized spacial score (nSPS) is 14.3. The molecule has 0 aliphatic heterocycles. The summed E-state index contributed by atoms with van der Waals surface area (Å²) >= 11 is 0. The maximum atomic E-state index is 13.1. The molecule has 19 heteroatoms. The first kappa shape index (κ1) is 91.1. The molecule has 0 heterocycles. The van der Waals surface area contributed by atoms with Crippen LogP contribution in [0.25, 0.3) is 0 Å². The number of rotatable bonds is 73. The minimum Gasteiger partial charge on any atom is -0.462 e. The number of carbonyl (C=O) groups is 4. The molecule has 0 fully saturated rings. The number of phosphoric acid groups is 2. The second-order valence-corrected chi connectivity index (χ2v) is 30.3. The van der Waals surface area contributed by atoms with E-state index in [4.69, 9.17) is 37.0 Å². The molecule has 0 saturated carbocycles. The van der Waals surface area contributed by atoms with Gasteiger partial charge in [0.15, 0.2) is 12.2 Å². The average molecular weight is 1370 g/mol. The highest BCUT2D eigenvalue weighted by Crippen LogP contribution is 2.45. The molecule has 0 saturated heterocycles. The third kappa shape index (κ3) is 67.0. The summed E-state index contributed by atoms with van der Waals surface area (Å²) in [5.74, 6) is -0.559. The van der Waals surface area contributed by atoms with Crippen LogP contribution in [0.3, 0.4) is 0 Å². The minimum atomic E-state index is -4.96.